The summed E-state index contributed by atoms with van der Waals surface area (Å²) >= 11 is 0. The molecule has 15 heteroatoms. The number of methoxy groups -OCH3 is 2. The molecule has 1 aliphatic rings. The minimum atomic E-state index is -1.50. The van der Waals surface area contributed by atoms with E-state index >= 15 is 0 Å². The van der Waals surface area contributed by atoms with Gasteiger partial charge in [-0.15, -0.1) is 0 Å². The maximum atomic E-state index is 11.6. The zero-order chi connectivity index (χ0) is 46.3. The van der Waals surface area contributed by atoms with Crippen LogP contribution in [0.15, 0.2) is 102 Å². The van der Waals surface area contributed by atoms with Crippen molar-refractivity contribution in [3.63, 3.8) is 0 Å². The SMILES string of the molecule is COc1ccc(C(OC[C@H]2O[C@H](n3ccc4c(CCC(CC#CN=CN(C)C)OP(OCCC#N)N(C(C)C)C(C)C)ncnc43)C[C@@H]2O)(c2ccccc2)c2ccc(OC)cc2)cc1. The number of hydrogen-bond acceptors (Lipinski definition) is 12. The molecule has 1 aliphatic heterocycles. The van der Waals surface area contributed by atoms with E-state index in [9.17, 15) is 10.4 Å². The van der Waals surface area contributed by atoms with Crippen LogP contribution in [0.4, 0.5) is 0 Å². The van der Waals surface area contributed by atoms with Crippen LogP contribution in [0, 0.1) is 23.3 Å². The first kappa shape index (κ1) is 49.0. The van der Waals surface area contributed by atoms with Crippen LogP contribution in [0.2, 0.25) is 0 Å². The van der Waals surface area contributed by atoms with Crippen LogP contribution in [0.3, 0.4) is 0 Å². The molecule has 2 unspecified atom stereocenters. The van der Waals surface area contributed by atoms with Gasteiger partial charge in [0.2, 0.25) is 0 Å². The highest BCUT2D eigenvalue weighted by atomic mass is 31.2. The number of rotatable bonds is 22. The summed E-state index contributed by atoms with van der Waals surface area (Å²) in [6, 6.07) is 33.1. The van der Waals surface area contributed by atoms with Crippen LogP contribution in [0.25, 0.3) is 11.0 Å². The molecule has 5 atom stereocenters. The molecule has 65 heavy (non-hydrogen) atoms. The number of aryl methyl sites for hydroxylation is 1. The highest BCUT2D eigenvalue weighted by Crippen LogP contribution is 2.48. The van der Waals surface area contributed by atoms with E-state index in [4.69, 9.17) is 38.0 Å². The second-order valence-corrected chi connectivity index (χ2v) is 17.9. The lowest BCUT2D eigenvalue weighted by atomic mass is 9.80. The molecule has 5 aromatic rings. The van der Waals surface area contributed by atoms with Gasteiger partial charge >= 0.3 is 0 Å². The Kier molecular flexibility index (Phi) is 17.9. The molecule has 0 bridgehead atoms. The Morgan fingerprint density at radius 3 is 2.18 bits per heavy atom. The molecule has 1 saturated heterocycles. The molecular formula is C50H62N7O7P. The molecule has 344 valence electrons. The number of ether oxygens (including phenoxy) is 4. The summed E-state index contributed by atoms with van der Waals surface area (Å²) in [6.07, 6.45) is 5.08. The lowest BCUT2D eigenvalue weighted by molar-refractivity contribution is -0.0930. The van der Waals surface area contributed by atoms with E-state index in [1.54, 1.807) is 26.9 Å². The van der Waals surface area contributed by atoms with Gasteiger partial charge in [0.1, 0.15) is 47.7 Å². The summed E-state index contributed by atoms with van der Waals surface area (Å²) in [5.74, 6) is 4.63. The topological polar surface area (TPSA) is 149 Å². The van der Waals surface area contributed by atoms with Crippen molar-refractivity contribution in [2.75, 3.05) is 41.5 Å². The molecule has 6 rings (SSSR count). The third kappa shape index (κ3) is 12.3. The molecule has 0 amide bonds. The smallest absolute Gasteiger partial charge is 0.259 e. The van der Waals surface area contributed by atoms with Crippen molar-refractivity contribution in [1.29, 1.82) is 5.26 Å². The largest absolute Gasteiger partial charge is 0.497 e. The first-order valence-electron chi connectivity index (χ1n) is 22.0. The van der Waals surface area contributed by atoms with Crippen molar-refractivity contribution >= 4 is 25.9 Å². The van der Waals surface area contributed by atoms with E-state index in [-0.39, 0.29) is 37.8 Å². The maximum absolute atomic E-state index is 11.6. The number of aromatic nitrogens is 3. The summed E-state index contributed by atoms with van der Waals surface area (Å²) in [5.41, 5.74) is 3.17. The molecule has 14 nitrogen and oxygen atoms in total. The molecule has 3 aromatic carbocycles. The number of nitrogens with zero attached hydrogens (tertiary/aromatic N) is 7. The molecule has 3 heterocycles. The summed E-state index contributed by atoms with van der Waals surface area (Å²) in [5, 5.41) is 21.7. The quantitative estimate of drug-likeness (QED) is 0.0177. The van der Waals surface area contributed by atoms with Gasteiger partial charge in [0, 0.05) is 56.6 Å². The summed E-state index contributed by atoms with van der Waals surface area (Å²) in [4.78, 5) is 15.5. The fraction of sp³-hybridized carbons (Fsp3) is 0.440. The van der Waals surface area contributed by atoms with Crippen molar-refractivity contribution < 1.29 is 33.1 Å². The number of aliphatic imine (C=N–C) groups is 1. The van der Waals surface area contributed by atoms with Crippen LogP contribution in [0.5, 0.6) is 11.5 Å². The fourth-order valence-corrected chi connectivity index (χ4v) is 9.77. The number of hydrogen-bond donors (Lipinski definition) is 1. The Balaban J connectivity index is 1.23. The van der Waals surface area contributed by atoms with Crippen LogP contribution in [-0.2, 0) is 30.5 Å². The van der Waals surface area contributed by atoms with Crippen LogP contribution in [-0.4, -0.2) is 107 Å². The Labute approximate surface area is 385 Å². The van der Waals surface area contributed by atoms with Gasteiger partial charge in [0.15, 0.2) is 0 Å². The van der Waals surface area contributed by atoms with E-state index in [0.29, 0.717) is 31.3 Å². The number of nitriles is 1. The van der Waals surface area contributed by atoms with Crippen LogP contribution < -0.4 is 9.47 Å². The number of aliphatic hydroxyl groups excluding tert-OH is 1. The molecule has 2 aromatic heterocycles. The molecular weight excluding hydrogens is 842 g/mol. The summed E-state index contributed by atoms with van der Waals surface area (Å²) < 4.78 is 42.0. The molecule has 1 N–H and O–H groups in total. The first-order valence-corrected chi connectivity index (χ1v) is 23.2. The lowest BCUT2D eigenvalue weighted by Crippen LogP contribution is -2.38. The van der Waals surface area contributed by atoms with Crippen molar-refractivity contribution in [3.8, 4) is 29.5 Å². The monoisotopic (exact) mass is 903 g/mol. The van der Waals surface area contributed by atoms with Gasteiger partial charge in [0.05, 0.1) is 57.8 Å². The number of fused-ring (bicyclic) bond motifs is 1. The second-order valence-electron chi connectivity index (χ2n) is 16.5. The Bertz CT molecular complexity index is 2320. The highest BCUT2D eigenvalue weighted by molar-refractivity contribution is 7.44. The average molecular weight is 904 g/mol. The van der Waals surface area contributed by atoms with E-state index in [1.807, 2.05) is 115 Å². The zero-order valence-corrected chi connectivity index (χ0v) is 39.6. The molecule has 0 saturated carbocycles. The normalized spacial score (nSPS) is 17.4. The Morgan fingerprint density at radius 1 is 0.938 bits per heavy atom. The van der Waals surface area contributed by atoms with Gasteiger partial charge in [-0.25, -0.2) is 14.6 Å². The van der Waals surface area contributed by atoms with Crippen molar-refractivity contribution in [1.82, 2.24) is 24.1 Å². The second kappa shape index (κ2) is 23.7. The van der Waals surface area contributed by atoms with Gasteiger partial charge in [0.25, 0.3) is 8.53 Å². The van der Waals surface area contributed by atoms with E-state index < -0.39 is 32.6 Å². The first-order chi connectivity index (χ1) is 31.5. The van der Waals surface area contributed by atoms with Crippen LogP contribution >= 0.6 is 8.53 Å². The van der Waals surface area contributed by atoms with Crippen molar-refractivity contribution in [2.45, 2.75) is 102 Å². The minimum absolute atomic E-state index is 0.0859. The van der Waals surface area contributed by atoms with E-state index in [2.05, 4.69) is 55.4 Å². The average Bonchev–Trinajstić information content (AvgIpc) is 3.91. The molecule has 1 fully saturated rings. The van der Waals surface area contributed by atoms with Crippen molar-refractivity contribution in [2.24, 2.45) is 4.99 Å². The maximum Gasteiger partial charge on any atom is 0.259 e. The highest BCUT2D eigenvalue weighted by Gasteiger charge is 2.42. The number of benzene rings is 3. The minimum Gasteiger partial charge on any atom is -0.497 e. The van der Waals surface area contributed by atoms with E-state index in [1.165, 1.54) is 0 Å². The summed E-state index contributed by atoms with van der Waals surface area (Å²) in [7, 11) is 5.58. The predicted molar refractivity (Wildman–Crippen MR) is 253 cm³/mol. The predicted octanol–water partition coefficient (Wildman–Crippen LogP) is 8.64. The van der Waals surface area contributed by atoms with Gasteiger partial charge in [-0.05, 0) is 87.6 Å². The number of aliphatic hydroxyl groups is 1. The van der Waals surface area contributed by atoms with Gasteiger partial charge in [-0.3, -0.25) is 0 Å². The van der Waals surface area contributed by atoms with E-state index in [0.717, 1.165) is 39.3 Å². The fourth-order valence-electron chi connectivity index (χ4n) is 8.03. The Hall–Kier alpha value is -5.41. The molecule has 0 radical (unpaired) electrons. The standard InChI is InChI=1S/C50H62N7O7P/c1-36(2)57(37(3)4)65(62-31-13-28-51)64-43(16-12-29-52-35-55(5)6)25-26-45-44-27-30-56(49(44)54-34-53-45)48-32-46(58)47(63-48)33-61-50(38-14-10-9-11-15-38,39-17-21-41(59-7)22-18-39)40-19-23-42(60-8)24-20-40/h9-11,14-15,17-24,27,30,34-37,43,46-48,58H,13,16,25-26,31-33H2,1-8H3/t43?,46-,47+,48-,65?/m0/s1. The van der Waals surface area contributed by atoms with Crippen molar-refractivity contribution in [3.05, 3.63) is 120 Å². The van der Waals surface area contributed by atoms with Gasteiger partial charge < -0.3 is 42.6 Å². The van der Waals surface area contributed by atoms with Gasteiger partial charge in [-0.2, -0.15) is 10.3 Å². The molecule has 0 aliphatic carbocycles. The zero-order valence-electron chi connectivity index (χ0n) is 38.7. The molecule has 0 spiro atoms. The van der Waals surface area contributed by atoms with Gasteiger partial charge in [-0.1, -0.05) is 60.5 Å². The Morgan fingerprint density at radius 2 is 1.58 bits per heavy atom. The lowest BCUT2D eigenvalue weighted by Gasteiger charge is -2.37. The third-order valence-electron chi connectivity index (χ3n) is 11.1. The summed E-state index contributed by atoms with van der Waals surface area (Å²) in [6.45, 7) is 8.82. The third-order valence-corrected chi connectivity index (χ3v) is 13.3. The van der Waals surface area contributed by atoms with Crippen LogP contribution in [0.1, 0.15) is 82.0 Å².